The summed E-state index contributed by atoms with van der Waals surface area (Å²) < 4.78 is 0. The Balaban J connectivity index is 1.99. The Hall–Kier alpha value is -2.22. The third kappa shape index (κ3) is 3.89. The number of nitrogens with one attached hydrogen (secondary N) is 1. The van der Waals surface area contributed by atoms with Crippen LogP contribution >= 0.6 is 23.2 Å². The van der Waals surface area contributed by atoms with Crippen LogP contribution in [0.3, 0.4) is 0 Å². The predicted molar refractivity (Wildman–Crippen MR) is 97.3 cm³/mol. The average Bonchev–Trinajstić information content (AvgIpc) is 2.59. The van der Waals surface area contributed by atoms with Crippen molar-refractivity contribution in [3.05, 3.63) is 68.7 Å². The van der Waals surface area contributed by atoms with Crippen LogP contribution in [0, 0.1) is 11.3 Å². The van der Waals surface area contributed by atoms with E-state index in [0.29, 0.717) is 22.0 Å². The van der Waals surface area contributed by atoms with E-state index < -0.39 is 6.09 Å². The molecule has 4 nitrogen and oxygen atoms in total. The van der Waals surface area contributed by atoms with E-state index >= 15 is 0 Å². The van der Waals surface area contributed by atoms with Gasteiger partial charge in [0.05, 0.1) is 21.7 Å². The van der Waals surface area contributed by atoms with Crippen LogP contribution in [0.2, 0.25) is 10.0 Å². The summed E-state index contributed by atoms with van der Waals surface area (Å²) in [5.41, 5.74) is 3.74. The molecule has 128 valence electrons. The number of nitriles is 1. The van der Waals surface area contributed by atoms with Crippen molar-refractivity contribution in [1.29, 1.82) is 5.26 Å². The Labute approximate surface area is 156 Å². The molecule has 2 unspecified atom stereocenters. The van der Waals surface area contributed by atoms with Crippen molar-refractivity contribution in [2.45, 2.75) is 31.2 Å². The van der Waals surface area contributed by atoms with Gasteiger partial charge in [-0.05, 0) is 60.2 Å². The first-order valence-electron chi connectivity index (χ1n) is 7.94. The highest BCUT2D eigenvalue weighted by atomic mass is 35.5. The lowest BCUT2D eigenvalue weighted by molar-refractivity contribution is 0.185. The number of hydrogen-bond donors (Lipinski definition) is 2. The molecule has 0 bridgehead atoms. The van der Waals surface area contributed by atoms with Gasteiger partial charge in [-0.2, -0.15) is 5.26 Å². The maximum Gasteiger partial charge on any atom is 0.404 e. The zero-order chi connectivity index (χ0) is 18.0. The Morgan fingerprint density at radius 2 is 2.04 bits per heavy atom. The number of halogens is 2. The van der Waals surface area contributed by atoms with E-state index in [2.05, 4.69) is 11.4 Å². The van der Waals surface area contributed by atoms with Gasteiger partial charge in [-0.1, -0.05) is 35.3 Å². The molecule has 0 spiro atoms. The van der Waals surface area contributed by atoms with Crippen LogP contribution in [0.1, 0.15) is 34.6 Å². The van der Waals surface area contributed by atoms with E-state index in [1.165, 1.54) is 0 Å². The first-order valence-corrected chi connectivity index (χ1v) is 8.70. The van der Waals surface area contributed by atoms with Crippen molar-refractivity contribution in [3.8, 4) is 6.07 Å². The summed E-state index contributed by atoms with van der Waals surface area (Å²) in [6.07, 6.45) is 1.08. The zero-order valence-corrected chi connectivity index (χ0v) is 14.8. The molecular formula is C19H16Cl2N2O2. The van der Waals surface area contributed by atoms with Crippen LogP contribution in [0.15, 0.2) is 36.4 Å². The van der Waals surface area contributed by atoms with Gasteiger partial charge < -0.3 is 10.4 Å². The summed E-state index contributed by atoms with van der Waals surface area (Å²) in [5.74, 6) is -0.0645. The van der Waals surface area contributed by atoms with Crippen LogP contribution in [0.4, 0.5) is 4.79 Å². The van der Waals surface area contributed by atoms with Gasteiger partial charge in [0.15, 0.2) is 0 Å². The van der Waals surface area contributed by atoms with Crippen molar-refractivity contribution >= 4 is 29.3 Å². The number of aryl methyl sites for hydroxylation is 1. The molecule has 0 aliphatic heterocycles. The zero-order valence-electron chi connectivity index (χ0n) is 13.3. The van der Waals surface area contributed by atoms with Crippen LogP contribution in [-0.2, 0) is 12.8 Å². The molecule has 0 saturated heterocycles. The molecular weight excluding hydrogens is 359 g/mol. The molecule has 25 heavy (non-hydrogen) atoms. The largest absolute Gasteiger partial charge is 0.465 e. The fraction of sp³-hybridized carbons (Fsp3) is 0.263. The number of hydrogen-bond acceptors (Lipinski definition) is 2. The predicted octanol–water partition coefficient (Wildman–Crippen LogP) is 4.77. The third-order valence-electron chi connectivity index (χ3n) is 4.63. The molecule has 1 aliphatic rings. The van der Waals surface area contributed by atoms with E-state index in [0.717, 1.165) is 29.5 Å². The first-order chi connectivity index (χ1) is 12.0. The third-order valence-corrected chi connectivity index (χ3v) is 5.37. The second kappa shape index (κ2) is 7.35. The molecule has 1 amide bonds. The van der Waals surface area contributed by atoms with E-state index in [9.17, 15) is 15.2 Å². The highest BCUT2D eigenvalue weighted by Gasteiger charge is 2.31. The minimum absolute atomic E-state index is 0.0645. The van der Waals surface area contributed by atoms with Gasteiger partial charge >= 0.3 is 6.09 Å². The van der Waals surface area contributed by atoms with Crippen LogP contribution < -0.4 is 5.32 Å². The maximum atomic E-state index is 11.2. The van der Waals surface area contributed by atoms with E-state index in [1.54, 1.807) is 12.1 Å². The van der Waals surface area contributed by atoms with Crippen molar-refractivity contribution in [3.63, 3.8) is 0 Å². The molecule has 0 aromatic heterocycles. The maximum absolute atomic E-state index is 11.2. The summed E-state index contributed by atoms with van der Waals surface area (Å²) >= 11 is 12.1. The Morgan fingerprint density at radius 3 is 2.72 bits per heavy atom. The quantitative estimate of drug-likeness (QED) is 0.811. The van der Waals surface area contributed by atoms with Gasteiger partial charge in [-0.15, -0.1) is 0 Å². The second-order valence-corrected chi connectivity index (χ2v) is 6.99. The molecule has 0 fully saturated rings. The van der Waals surface area contributed by atoms with Gasteiger partial charge in [0.1, 0.15) is 0 Å². The molecule has 2 N–H and O–H groups in total. The summed E-state index contributed by atoms with van der Waals surface area (Å²) in [6.45, 7) is 0. The fourth-order valence-electron chi connectivity index (χ4n) is 3.47. The fourth-order valence-corrected chi connectivity index (χ4v) is 3.79. The molecule has 0 heterocycles. The molecule has 0 saturated carbocycles. The smallest absolute Gasteiger partial charge is 0.404 e. The van der Waals surface area contributed by atoms with Gasteiger partial charge in [0.2, 0.25) is 0 Å². The molecule has 2 aromatic rings. The van der Waals surface area contributed by atoms with Gasteiger partial charge in [-0.25, -0.2) is 4.79 Å². The van der Waals surface area contributed by atoms with Crippen molar-refractivity contribution in [2.24, 2.45) is 0 Å². The lowest BCUT2D eigenvalue weighted by Gasteiger charge is -2.34. The first kappa shape index (κ1) is 17.6. The minimum Gasteiger partial charge on any atom is -0.465 e. The normalized spacial score (nSPS) is 18.9. The number of carbonyl (C=O) groups is 1. The number of amides is 1. The molecule has 6 heteroatoms. The van der Waals surface area contributed by atoms with Gasteiger partial charge in [0.25, 0.3) is 0 Å². The average molecular weight is 375 g/mol. The highest BCUT2D eigenvalue weighted by molar-refractivity contribution is 6.42. The standard InChI is InChI=1S/C19H16Cl2N2O2/c20-16-5-2-11(9-17(16)21)7-15-14-8-12(10-22)1-3-13(14)4-6-18(15)23-19(24)25/h1-3,5,8-9,15,18,23H,4,6-7H2,(H,24,25). The Morgan fingerprint density at radius 1 is 1.24 bits per heavy atom. The van der Waals surface area contributed by atoms with Gasteiger partial charge in [0, 0.05) is 12.0 Å². The highest BCUT2D eigenvalue weighted by Crippen LogP contribution is 2.36. The van der Waals surface area contributed by atoms with Crippen molar-refractivity contribution in [2.75, 3.05) is 0 Å². The van der Waals surface area contributed by atoms with Crippen LogP contribution in [0.25, 0.3) is 0 Å². The summed E-state index contributed by atoms with van der Waals surface area (Å²) in [4.78, 5) is 11.2. The number of rotatable bonds is 3. The lowest BCUT2D eigenvalue weighted by atomic mass is 9.75. The molecule has 0 radical (unpaired) electrons. The summed E-state index contributed by atoms with van der Waals surface area (Å²) in [5, 5.41) is 22.0. The van der Waals surface area contributed by atoms with Crippen LogP contribution in [-0.4, -0.2) is 17.2 Å². The minimum atomic E-state index is -1.04. The Kier molecular flexibility index (Phi) is 5.17. The lowest BCUT2D eigenvalue weighted by Crippen LogP contribution is -2.42. The SMILES string of the molecule is N#Cc1ccc2c(c1)C(Cc1ccc(Cl)c(Cl)c1)C(NC(=O)O)CC2. The summed E-state index contributed by atoms with van der Waals surface area (Å²) in [6, 6.07) is 13.0. The monoisotopic (exact) mass is 374 g/mol. The van der Waals surface area contributed by atoms with Crippen molar-refractivity contribution < 1.29 is 9.90 Å². The van der Waals surface area contributed by atoms with E-state index in [1.807, 2.05) is 24.3 Å². The Bertz CT molecular complexity index is 861. The molecule has 3 rings (SSSR count). The number of carboxylic acid groups (broad SMARTS) is 1. The molecule has 2 aromatic carbocycles. The van der Waals surface area contributed by atoms with Crippen LogP contribution in [0.5, 0.6) is 0 Å². The van der Waals surface area contributed by atoms with Crippen molar-refractivity contribution in [1.82, 2.24) is 5.32 Å². The number of benzene rings is 2. The topological polar surface area (TPSA) is 73.1 Å². The molecule has 1 aliphatic carbocycles. The second-order valence-electron chi connectivity index (χ2n) is 6.18. The summed E-state index contributed by atoms with van der Waals surface area (Å²) in [7, 11) is 0. The van der Waals surface area contributed by atoms with E-state index in [4.69, 9.17) is 23.2 Å². The number of fused-ring (bicyclic) bond motifs is 1. The number of nitrogens with zero attached hydrogens (tertiary/aromatic N) is 1. The van der Waals surface area contributed by atoms with Gasteiger partial charge in [-0.3, -0.25) is 0 Å². The molecule has 2 atom stereocenters. The van der Waals surface area contributed by atoms with E-state index in [-0.39, 0.29) is 12.0 Å².